The summed E-state index contributed by atoms with van der Waals surface area (Å²) in [6.45, 7) is 0.427. The topological polar surface area (TPSA) is 79.9 Å². The molecule has 0 radical (unpaired) electrons. The maximum atomic E-state index is 13.6. The Kier molecular flexibility index (Phi) is 6.62. The highest BCUT2D eigenvalue weighted by atomic mass is 79.9. The second kappa shape index (κ2) is 9.58. The standard InChI is InChI=1S/C24H24BrN3O4/c1-26-12-23(29)27-19-14-32-22-9-4-3-8-20(22)28(24(19)30)13-17-15-6-5-7-18(25)16(15)10-11-21(17)31-2/h3-11,19,26H,12-14H2,1-2H3,(H,27,29). The van der Waals surface area contributed by atoms with Crippen molar-refractivity contribution in [3.05, 3.63) is 64.6 Å². The minimum Gasteiger partial charge on any atom is -0.496 e. The lowest BCUT2D eigenvalue weighted by atomic mass is 10.0. The van der Waals surface area contributed by atoms with Gasteiger partial charge in [-0.25, -0.2) is 0 Å². The molecule has 2 amide bonds. The first kappa shape index (κ1) is 22.1. The molecule has 3 aromatic carbocycles. The van der Waals surface area contributed by atoms with Gasteiger partial charge in [0.15, 0.2) is 0 Å². The van der Waals surface area contributed by atoms with E-state index in [1.165, 1.54) is 0 Å². The van der Waals surface area contributed by atoms with Gasteiger partial charge in [0.25, 0.3) is 5.91 Å². The lowest BCUT2D eigenvalue weighted by Crippen LogP contribution is -2.51. The van der Waals surface area contributed by atoms with E-state index in [-0.39, 0.29) is 31.5 Å². The van der Waals surface area contributed by atoms with Crippen molar-refractivity contribution >= 4 is 44.2 Å². The lowest BCUT2D eigenvalue weighted by molar-refractivity contribution is -0.127. The molecule has 0 aliphatic carbocycles. The summed E-state index contributed by atoms with van der Waals surface area (Å²) in [5.74, 6) is 0.758. The van der Waals surface area contributed by atoms with Crippen LogP contribution in [0.15, 0.2) is 59.1 Å². The number of nitrogens with one attached hydrogen (secondary N) is 2. The normalized spacial score (nSPS) is 15.7. The van der Waals surface area contributed by atoms with Gasteiger partial charge >= 0.3 is 0 Å². The van der Waals surface area contributed by atoms with Crippen LogP contribution in [0.3, 0.4) is 0 Å². The van der Waals surface area contributed by atoms with Gasteiger partial charge in [0.05, 0.1) is 25.9 Å². The predicted octanol–water partition coefficient (Wildman–Crippen LogP) is 3.24. The number of carbonyl (C=O) groups is 2. The molecule has 7 nitrogen and oxygen atoms in total. The van der Waals surface area contributed by atoms with E-state index in [0.29, 0.717) is 17.2 Å². The average molecular weight is 498 g/mol. The third-order valence-corrected chi connectivity index (χ3v) is 6.10. The van der Waals surface area contributed by atoms with Crippen LogP contribution < -0.4 is 25.0 Å². The highest BCUT2D eigenvalue weighted by Crippen LogP contribution is 2.37. The Balaban J connectivity index is 1.79. The number of para-hydroxylation sites is 2. The van der Waals surface area contributed by atoms with Gasteiger partial charge in [0.2, 0.25) is 5.91 Å². The quantitative estimate of drug-likeness (QED) is 0.546. The Hall–Kier alpha value is -3.10. The molecule has 1 aliphatic heterocycles. The van der Waals surface area contributed by atoms with Gasteiger partial charge in [-0.05, 0) is 48.2 Å². The maximum Gasteiger partial charge on any atom is 0.253 e. The number of benzene rings is 3. The molecule has 3 aromatic rings. The number of hydrogen-bond acceptors (Lipinski definition) is 5. The number of halogens is 1. The predicted molar refractivity (Wildman–Crippen MR) is 127 cm³/mol. The average Bonchev–Trinajstić information content (AvgIpc) is 2.92. The summed E-state index contributed by atoms with van der Waals surface area (Å²) in [5.41, 5.74) is 1.52. The Labute approximate surface area is 194 Å². The zero-order chi connectivity index (χ0) is 22.7. The van der Waals surface area contributed by atoms with E-state index in [4.69, 9.17) is 9.47 Å². The maximum absolute atomic E-state index is 13.6. The summed E-state index contributed by atoms with van der Waals surface area (Å²) in [6.07, 6.45) is 0. The van der Waals surface area contributed by atoms with Gasteiger partial charge in [-0.15, -0.1) is 0 Å². The third kappa shape index (κ3) is 4.28. The molecule has 1 aliphatic rings. The van der Waals surface area contributed by atoms with E-state index in [1.54, 1.807) is 19.1 Å². The fourth-order valence-corrected chi connectivity index (χ4v) is 4.40. The number of hydrogen-bond donors (Lipinski definition) is 2. The number of rotatable bonds is 6. The fraction of sp³-hybridized carbons (Fsp3) is 0.250. The first-order chi connectivity index (χ1) is 15.5. The molecule has 0 aromatic heterocycles. The van der Waals surface area contributed by atoms with E-state index >= 15 is 0 Å². The van der Waals surface area contributed by atoms with Crippen LogP contribution in [0.5, 0.6) is 11.5 Å². The Bertz CT molecular complexity index is 1170. The van der Waals surface area contributed by atoms with Crippen LogP contribution in [-0.4, -0.2) is 45.2 Å². The van der Waals surface area contributed by atoms with Crippen molar-refractivity contribution in [2.45, 2.75) is 12.6 Å². The molecular formula is C24H24BrN3O4. The fourth-order valence-electron chi connectivity index (χ4n) is 3.90. The Morgan fingerprint density at radius 2 is 1.97 bits per heavy atom. The van der Waals surface area contributed by atoms with Gasteiger partial charge in [-0.1, -0.05) is 40.2 Å². The Morgan fingerprint density at radius 1 is 1.16 bits per heavy atom. The number of ether oxygens (including phenoxy) is 2. The van der Waals surface area contributed by atoms with Gasteiger partial charge < -0.3 is 25.0 Å². The van der Waals surface area contributed by atoms with Crippen LogP contribution in [-0.2, 0) is 16.1 Å². The van der Waals surface area contributed by atoms with Crippen LogP contribution in [0.4, 0.5) is 5.69 Å². The largest absolute Gasteiger partial charge is 0.496 e. The molecule has 166 valence electrons. The zero-order valence-electron chi connectivity index (χ0n) is 17.9. The van der Waals surface area contributed by atoms with Crippen LogP contribution in [0.25, 0.3) is 10.8 Å². The molecule has 1 unspecified atom stereocenters. The molecular weight excluding hydrogens is 474 g/mol. The van der Waals surface area contributed by atoms with Crippen molar-refractivity contribution in [3.8, 4) is 11.5 Å². The second-order valence-electron chi connectivity index (χ2n) is 7.43. The van der Waals surface area contributed by atoms with Crippen molar-refractivity contribution in [2.24, 2.45) is 0 Å². The summed E-state index contributed by atoms with van der Waals surface area (Å²) < 4.78 is 12.5. The van der Waals surface area contributed by atoms with Gasteiger partial charge in [0, 0.05) is 10.0 Å². The molecule has 2 N–H and O–H groups in total. The SMILES string of the molecule is CNCC(=O)NC1COc2ccccc2N(Cc2c(OC)ccc3c(Br)cccc23)C1=O. The molecule has 0 spiro atoms. The highest BCUT2D eigenvalue weighted by Gasteiger charge is 2.33. The van der Waals surface area contributed by atoms with Crippen molar-refractivity contribution in [1.82, 2.24) is 10.6 Å². The van der Waals surface area contributed by atoms with E-state index in [0.717, 1.165) is 20.8 Å². The van der Waals surface area contributed by atoms with E-state index in [2.05, 4.69) is 26.6 Å². The molecule has 1 heterocycles. The number of methoxy groups -OCH3 is 1. The monoisotopic (exact) mass is 497 g/mol. The van der Waals surface area contributed by atoms with Crippen molar-refractivity contribution in [3.63, 3.8) is 0 Å². The number of likely N-dealkylation sites (N-methyl/N-ethyl adjacent to an activating group) is 1. The van der Waals surface area contributed by atoms with E-state index in [9.17, 15) is 9.59 Å². The smallest absolute Gasteiger partial charge is 0.253 e. The number of nitrogens with zero attached hydrogens (tertiary/aromatic N) is 1. The minimum atomic E-state index is -0.809. The first-order valence-electron chi connectivity index (χ1n) is 10.2. The number of fused-ring (bicyclic) bond motifs is 2. The minimum absolute atomic E-state index is 0.0556. The first-order valence-corrected chi connectivity index (χ1v) is 11.0. The molecule has 0 fully saturated rings. The van der Waals surface area contributed by atoms with E-state index in [1.807, 2.05) is 54.6 Å². The summed E-state index contributed by atoms with van der Waals surface area (Å²) in [5, 5.41) is 7.58. The van der Waals surface area contributed by atoms with Crippen molar-refractivity contribution < 1.29 is 19.1 Å². The third-order valence-electron chi connectivity index (χ3n) is 5.41. The number of carbonyl (C=O) groups excluding carboxylic acids is 2. The Morgan fingerprint density at radius 3 is 2.75 bits per heavy atom. The van der Waals surface area contributed by atoms with Crippen LogP contribution in [0.1, 0.15) is 5.56 Å². The highest BCUT2D eigenvalue weighted by molar-refractivity contribution is 9.10. The summed E-state index contributed by atoms with van der Waals surface area (Å²) in [4.78, 5) is 27.5. The second-order valence-corrected chi connectivity index (χ2v) is 8.29. The van der Waals surface area contributed by atoms with Crippen LogP contribution in [0.2, 0.25) is 0 Å². The molecule has 8 heteroatoms. The van der Waals surface area contributed by atoms with Crippen molar-refractivity contribution in [2.75, 3.05) is 32.2 Å². The van der Waals surface area contributed by atoms with Crippen LogP contribution in [0, 0.1) is 0 Å². The summed E-state index contributed by atoms with van der Waals surface area (Å²) in [7, 11) is 3.29. The number of amides is 2. The summed E-state index contributed by atoms with van der Waals surface area (Å²) >= 11 is 3.61. The van der Waals surface area contributed by atoms with Crippen molar-refractivity contribution in [1.29, 1.82) is 0 Å². The molecule has 0 saturated heterocycles. The van der Waals surface area contributed by atoms with E-state index < -0.39 is 6.04 Å². The van der Waals surface area contributed by atoms with Gasteiger partial charge in [-0.2, -0.15) is 0 Å². The molecule has 0 saturated carbocycles. The molecule has 32 heavy (non-hydrogen) atoms. The molecule has 1 atom stereocenters. The zero-order valence-corrected chi connectivity index (χ0v) is 19.4. The molecule has 0 bridgehead atoms. The summed E-state index contributed by atoms with van der Waals surface area (Å²) in [6, 6.07) is 16.4. The van der Waals surface area contributed by atoms with Gasteiger partial charge in [-0.3, -0.25) is 9.59 Å². The number of anilines is 1. The van der Waals surface area contributed by atoms with Crippen LogP contribution >= 0.6 is 15.9 Å². The molecule has 4 rings (SSSR count). The lowest BCUT2D eigenvalue weighted by Gasteiger charge is -2.26. The van der Waals surface area contributed by atoms with Gasteiger partial charge in [0.1, 0.15) is 24.1 Å².